The Morgan fingerprint density at radius 3 is 2.50 bits per heavy atom. The molecule has 4 rings (SSSR count). The minimum atomic E-state index is 1.05. The Morgan fingerprint density at radius 2 is 1.61 bits per heavy atom. The molecular weight excluding hydrogens is 220 g/mol. The highest BCUT2D eigenvalue weighted by atomic mass is 15.0. The Labute approximate surface area is 105 Å². The normalized spacial score (nSPS) is 11.6. The van der Waals surface area contributed by atoms with Crippen molar-refractivity contribution in [1.29, 1.82) is 0 Å². The van der Waals surface area contributed by atoms with Crippen molar-refractivity contribution in [2.45, 2.75) is 0 Å². The summed E-state index contributed by atoms with van der Waals surface area (Å²) in [6.45, 7) is 0. The molecule has 0 atom stereocenters. The van der Waals surface area contributed by atoms with Crippen molar-refractivity contribution in [2.24, 2.45) is 7.05 Å². The van der Waals surface area contributed by atoms with Crippen LogP contribution in [0.2, 0.25) is 0 Å². The fourth-order valence-corrected chi connectivity index (χ4v) is 2.70. The number of hydrogen-bond donors (Lipinski definition) is 0. The van der Waals surface area contributed by atoms with Gasteiger partial charge in [0.2, 0.25) is 0 Å². The molecular formula is C16H12N2. The second kappa shape index (κ2) is 3.33. The molecule has 0 unspecified atom stereocenters. The van der Waals surface area contributed by atoms with Crippen molar-refractivity contribution in [3.63, 3.8) is 0 Å². The molecule has 2 heteroatoms. The molecule has 86 valence electrons. The summed E-state index contributed by atoms with van der Waals surface area (Å²) in [7, 11) is 2.06. The van der Waals surface area contributed by atoms with Crippen LogP contribution in [0.1, 0.15) is 0 Å². The lowest BCUT2D eigenvalue weighted by molar-refractivity contribution is 0.903. The molecule has 2 heterocycles. The van der Waals surface area contributed by atoms with Crippen molar-refractivity contribution in [2.75, 3.05) is 0 Å². The van der Waals surface area contributed by atoms with Crippen molar-refractivity contribution < 1.29 is 0 Å². The first-order chi connectivity index (χ1) is 8.84. The van der Waals surface area contributed by atoms with Gasteiger partial charge in [-0.05, 0) is 16.8 Å². The first-order valence-electron chi connectivity index (χ1n) is 6.07. The van der Waals surface area contributed by atoms with Crippen LogP contribution in [0.4, 0.5) is 0 Å². The molecule has 0 spiro atoms. The molecule has 2 nitrogen and oxygen atoms in total. The third-order valence-electron chi connectivity index (χ3n) is 3.52. The van der Waals surface area contributed by atoms with E-state index in [-0.39, 0.29) is 0 Å². The van der Waals surface area contributed by atoms with Crippen LogP contribution in [-0.2, 0) is 7.05 Å². The lowest BCUT2D eigenvalue weighted by Gasteiger charge is -2.10. The van der Waals surface area contributed by atoms with Gasteiger partial charge < -0.3 is 4.57 Å². The van der Waals surface area contributed by atoms with Gasteiger partial charge in [-0.3, -0.25) is 0 Å². The molecule has 0 aromatic heterocycles. The van der Waals surface area contributed by atoms with Gasteiger partial charge in [0.15, 0.2) is 0 Å². The molecule has 18 heavy (non-hydrogen) atoms. The van der Waals surface area contributed by atoms with Gasteiger partial charge in [-0.2, -0.15) is 0 Å². The second-order valence-corrected chi connectivity index (χ2v) is 4.65. The van der Waals surface area contributed by atoms with Crippen molar-refractivity contribution in [3.8, 4) is 11.4 Å². The van der Waals surface area contributed by atoms with Crippen molar-refractivity contribution >= 4 is 21.7 Å². The van der Waals surface area contributed by atoms with E-state index in [0.29, 0.717) is 0 Å². The van der Waals surface area contributed by atoms with Gasteiger partial charge >= 0.3 is 0 Å². The summed E-state index contributed by atoms with van der Waals surface area (Å²) in [5, 5.41) is 3.77. The van der Waals surface area contributed by atoms with Crippen LogP contribution in [0.5, 0.6) is 0 Å². The van der Waals surface area contributed by atoms with Crippen LogP contribution in [0.15, 0.2) is 54.7 Å². The summed E-state index contributed by atoms with van der Waals surface area (Å²) in [6, 6.07) is 16.8. The number of nitrogens with zero attached hydrogens (tertiary/aromatic N) is 2. The summed E-state index contributed by atoms with van der Waals surface area (Å²) >= 11 is 0. The number of benzene rings is 2. The molecule has 0 amide bonds. The fourth-order valence-electron chi connectivity index (χ4n) is 2.70. The third-order valence-corrected chi connectivity index (χ3v) is 3.52. The molecule has 0 N–H and O–H groups in total. The highest BCUT2D eigenvalue weighted by Crippen LogP contribution is 2.36. The Bertz CT molecular complexity index is 842. The molecule has 0 bridgehead atoms. The Kier molecular flexibility index (Phi) is 1.78. The van der Waals surface area contributed by atoms with E-state index >= 15 is 0 Å². The van der Waals surface area contributed by atoms with Crippen LogP contribution in [0.3, 0.4) is 0 Å². The van der Waals surface area contributed by atoms with E-state index in [1.165, 1.54) is 21.7 Å². The Balaban J connectivity index is 2.35. The Morgan fingerprint density at radius 1 is 0.889 bits per heavy atom. The minimum Gasteiger partial charge on any atom is -0.335 e. The smallest absolute Gasteiger partial charge is 0.141 e. The number of pyridine rings is 1. The zero-order valence-electron chi connectivity index (χ0n) is 10.1. The van der Waals surface area contributed by atoms with E-state index in [0.717, 1.165) is 11.3 Å². The van der Waals surface area contributed by atoms with Crippen LogP contribution in [0, 0.1) is 0 Å². The van der Waals surface area contributed by atoms with Crippen LogP contribution in [0.25, 0.3) is 33.1 Å². The molecule has 0 saturated carbocycles. The van der Waals surface area contributed by atoms with Crippen LogP contribution < -0.4 is 0 Å². The average Bonchev–Trinajstić information content (AvgIpc) is 2.79. The first kappa shape index (κ1) is 9.66. The van der Waals surface area contributed by atoms with Gasteiger partial charge in [0.1, 0.15) is 5.82 Å². The summed E-state index contributed by atoms with van der Waals surface area (Å²) in [5.41, 5.74) is 2.32. The quantitative estimate of drug-likeness (QED) is 0.450. The average molecular weight is 232 g/mol. The lowest BCUT2D eigenvalue weighted by Crippen LogP contribution is -1.97. The molecule has 2 aliphatic rings. The van der Waals surface area contributed by atoms with Crippen molar-refractivity contribution in [1.82, 2.24) is 9.55 Å². The number of aromatic nitrogens is 2. The number of para-hydroxylation sites is 1. The van der Waals surface area contributed by atoms with E-state index in [2.05, 4.69) is 60.3 Å². The van der Waals surface area contributed by atoms with Crippen LogP contribution >= 0.6 is 0 Å². The fraction of sp³-hybridized carbons (Fsp3) is 0.0625. The molecule has 2 aliphatic heterocycles. The molecule has 2 aromatic rings. The number of aryl methyl sites for hydroxylation is 1. The van der Waals surface area contributed by atoms with E-state index in [1.54, 1.807) is 0 Å². The predicted octanol–water partition coefficient (Wildman–Crippen LogP) is 3.83. The lowest BCUT2D eigenvalue weighted by atomic mass is 10.0. The van der Waals surface area contributed by atoms with E-state index in [9.17, 15) is 0 Å². The maximum Gasteiger partial charge on any atom is 0.141 e. The number of rotatable bonds is 0. The molecule has 0 saturated heterocycles. The standard InChI is InChI=1S/C16H12N2/c1-18-10-11-6-2-3-7-12(11)15-13-8-4-5-9-14(13)17-16(15)18/h2-10H,1H3. The third kappa shape index (κ3) is 1.15. The SMILES string of the molecule is Cn1cc2ccccc2c2c3ccccc3nc1-2. The van der Waals surface area contributed by atoms with Gasteiger partial charge in [-0.1, -0.05) is 42.5 Å². The van der Waals surface area contributed by atoms with E-state index in [1.807, 2.05) is 6.07 Å². The highest BCUT2D eigenvalue weighted by molar-refractivity contribution is 6.09. The molecule has 0 fully saturated rings. The number of fused-ring (bicyclic) bond motifs is 5. The summed E-state index contributed by atoms with van der Waals surface area (Å²) < 4.78 is 2.11. The zero-order chi connectivity index (χ0) is 12.1. The van der Waals surface area contributed by atoms with Gasteiger partial charge in [-0.15, -0.1) is 0 Å². The Hall–Kier alpha value is -2.35. The van der Waals surface area contributed by atoms with Gasteiger partial charge in [0, 0.05) is 24.2 Å². The largest absolute Gasteiger partial charge is 0.335 e. The van der Waals surface area contributed by atoms with Gasteiger partial charge in [-0.25, -0.2) is 4.98 Å². The van der Waals surface area contributed by atoms with Crippen molar-refractivity contribution in [3.05, 3.63) is 54.7 Å². The molecule has 0 radical (unpaired) electrons. The topological polar surface area (TPSA) is 17.8 Å². The second-order valence-electron chi connectivity index (χ2n) is 4.65. The molecule has 2 aromatic carbocycles. The zero-order valence-corrected chi connectivity index (χ0v) is 10.1. The van der Waals surface area contributed by atoms with Gasteiger partial charge in [0.05, 0.1) is 5.52 Å². The number of hydrogen-bond acceptors (Lipinski definition) is 1. The van der Waals surface area contributed by atoms with Gasteiger partial charge in [0.25, 0.3) is 0 Å². The highest BCUT2D eigenvalue weighted by Gasteiger charge is 2.16. The monoisotopic (exact) mass is 232 g/mol. The maximum atomic E-state index is 4.73. The summed E-state index contributed by atoms with van der Waals surface area (Å²) in [6.07, 6.45) is 2.14. The summed E-state index contributed by atoms with van der Waals surface area (Å²) in [4.78, 5) is 4.73. The first-order valence-corrected chi connectivity index (χ1v) is 6.07. The minimum absolute atomic E-state index is 1.05. The van der Waals surface area contributed by atoms with E-state index < -0.39 is 0 Å². The maximum absolute atomic E-state index is 4.73. The van der Waals surface area contributed by atoms with E-state index in [4.69, 9.17) is 4.98 Å². The predicted molar refractivity (Wildman–Crippen MR) is 74.8 cm³/mol. The summed E-state index contributed by atoms with van der Waals surface area (Å²) in [5.74, 6) is 1.05. The molecule has 0 aliphatic carbocycles. The van der Waals surface area contributed by atoms with Crippen LogP contribution in [-0.4, -0.2) is 9.55 Å².